The average molecular weight is 452 g/mol. The first-order valence-electron chi connectivity index (χ1n) is 8.37. The Morgan fingerprint density at radius 1 is 0.933 bits per heavy atom. The molecule has 1 N–H and O–H groups in total. The second-order valence-electron chi connectivity index (χ2n) is 6.37. The van der Waals surface area contributed by atoms with Crippen molar-refractivity contribution in [3.05, 3.63) is 70.9 Å². The molecular formula is C19H13ClF7N3. The molecular weight excluding hydrogens is 439 g/mol. The lowest BCUT2D eigenvalue weighted by molar-refractivity contribution is -0.361. The third-order valence-corrected chi connectivity index (χ3v) is 4.50. The van der Waals surface area contributed by atoms with Crippen LogP contribution in [-0.2, 0) is 6.54 Å². The highest BCUT2D eigenvalue weighted by atomic mass is 35.5. The van der Waals surface area contributed by atoms with Crippen LogP contribution in [-0.4, -0.2) is 28.9 Å². The van der Waals surface area contributed by atoms with Crippen molar-refractivity contribution in [2.75, 3.05) is 0 Å². The first-order chi connectivity index (χ1) is 13.9. The van der Waals surface area contributed by atoms with Crippen LogP contribution in [0.1, 0.15) is 11.1 Å². The van der Waals surface area contributed by atoms with Gasteiger partial charge >= 0.3 is 18.1 Å². The summed E-state index contributed by atoms with van der Waals surface area (Å²) >= 11 is 5.85. The van der Waals surface area contributed by atoms with Crippen molar-refractivity contribution in [1.82, 2.24) is 9.99 Å². The Morgan fingerprint density at radius 2 is 1.57 bits per heavy atom. The van der Waals surface area contributed by atoms with Gasteiger partial charge in [-0.3, -0.25) is 0 Å². The summed E-state index contributed by atoms with van der Waals surface area (Å²) in [6.07, 6.45) is -4.15. The molecule has 0 unspecified atom stereocenters. The first-order valence-corrected chi connectivity index (χ1v) is 8.75. The summed E-state index contributed by atoms with van der Waals surface area (Å²) in [7, 11) is 0. The lowest BCUT2D eigenvalue weighted by atomic mass is 10.2. The highest BCUT2D eigenvalue weighted by molar-refractivity contribution is 6.30. The Kier molecular flexibility index (Phi) is 5.72. The van der Waals surface area contributed by atoms with Gasteiger partial charge in [-0.15, -0.1) is 0 Å². The summed E-state index contributed by atoms with van der Waals surface area (Å²) in [5.41, 5.74) is 2.43. The molecule has 30 heavy (non-hydrogen) atoms. The number of nitrogens with one attached hydrogen (secondary N) is 1. The van der Waals surface area contributed by atoms with Gasteiger partial charge < -0.3 is 4.57 Å². The molecule has 0 fully saturated rings. The van der Waals surface area contributed by atoms with Gasteiger partial charge in [0.25, 0.3) is 0 Å². The zero-order valence-corrected chi connectivity index (χ0v) is 15.7. The lowest BCUT2D eigenvalue weighted by Crippen LogP contribution is -2.58. The molecule has 0 bridgehead atoms. The molecule has 1 aromatic heterocycles. The van der Waals surface area contributed by atoms with E-state index in [-0.39, 0.29) is 5.56 Å². The van der Waals surface area contributed by atoms with E-state index in [1.54, 1.807) is 53.1 Å². The van der Waals surface area contributed by atoms with Gasteiger partial charge in [-0.05, 0) is 23.8 Å². The predicted molar refractivity (Wildman–Crippen MR) is 99.2 cm³/mol. The van der Waals surface area contributed by atoms with Crippen LogP contribution in [0.4, 0.5) is 30.7 Å². The number of hydrogen-bond donors (Lipinski definition) is 1. The summed E-state index contributed by atoms with van der Waals surface area (Å²) in [5, 5.41) is 4.03. The highest BCUT2D eigenvalue weighted by Gasteiger charge is 2.73. The second kappa shape index (κ2) is 7.82. The number of alkyl halides is 7. The molecule has 1 heterocycles. The van der Waals surface area contributed by atoms with E-state index in [9.17, 15) is 30.7 Å². The predicted octanol–water partition coefficient (Wildman–Crippen LogP) is 6.06. The standard InChI is InChI=1S/C19H13ClF7N3/c20-14-7-5-12(6-8-14)10-30-11-13(15-3-1-2-4-16(15)30)9-28-29-19(26,27)17(21,22)18(23,24)25/h1-9,11,29H,10H2/b28-9-. The summed E-state index contributed by atoms with van der Waals surface area (Å²) < 4.78 is 90.9. The van der Waals surface area contributed by atoms with Gasteiger partial charge in [-0.25, -0.2) is 5.43 Å². The molecule has 11 heteroatoms. The number of para-hydroxylation sites is 1. The first kappa shape index (κ1) is 21.9. The summed E-state index contributed by atoms with van der Waals surface area (Å²) in [4.78, 5) is 0. The minimum Gasteiger partial charge on any atom is -0.342 e. The number of fused-ring (bicyclic) bond motifs is 1. The monoisotopic (exact) mass is 451 g/mol. The van der Waals surface area contributed by atoms with E-state index >= 15 is 0 Å². The zero-order valence-electron chi connectivity index (χ0n) is 14.9. The van der Waals surface area contributed by atoms with Crippen LogP contribution in [0.5, 0.6) is 0 Å². The topological polar surface area (TPSA) is 29.3 Å². The van der Waals surface area contributed by atoms with Gasteiger partial charge in [0.15, 0.2) is 0 Å². The molecule has 0 saturated heterocycles. The molecule has 0 saturated carbocycles. The molecule has 0 atom stereocenters. The van der Waals surface area contributed by atoms with Gasteiger partial charge in [-0.2, -0.15) is 35.8 Å². The third kappa shape index (κ3) is 4.23. The number of aromatic nitrogens is 1. The van der Waals surface area contributed by atoms with Gasteiger partial charge in [0.05, 0.1) is 6.21 Å². The van der Waals surface area contributed by atoms with Crippen molar-refractivity contribution in [1.29, 1.82) is 0 Å². The smallest absolute Gasteiger partial charge is 0.342 e. The van der Waals surface area contributed by atoms with Crippen molar-refractivity contribution < 1.29 is 30.7 Å². The van der Waals surface area contributed by atoms with E-state index in [0.29, 0.717) is 27.9 Å². The summed E-state index contributed by atoms with van der Waals surface area (Å²) in [5.74, 6) is -6.29. The minimum absolute atomic E-state index is 0.248. The van der Waals surface area contributed by atoms with E-state index in [1.165, 1.54) is 6.20 Å². The van der Waals surface area contributed by atoms with Crippen LogP contribution >= 0.6 is 11.6 Å². The molecule has 0 spiro atoms. The minimum atomic E-state index is -6.44. The molecule has 3 aromatic rings. The lowest BCUT2D eigenvalue weighted by Gasteiger charge is -2.27. The van der Waals surface area contributed by atoms with E-state index < -0.39 is 18.1 Å². The second-order valence-corrected chi connectivity index (χ2v) is 6.81. The fourth-order valence-corrected chi connectivity index (χ4v) is 2.85. The SMILES string of the molecule is FC(F)(F)C(F)(F)C(F)(F)N/N=C\c1cn(Cc2ccc(Cl)cc2)c2ccccc12. The van der Waals surface area contributed by atoms with Crippen LogP contribution < -0.4 is 5.43 Å². The van der Waals surface area contributed by atoms with Crippen molar-refractivity contribution in [2.45, 2.75) is 24.7 Å². The molecule has 0 aliphatic heterocycles. The highest BCUT2D eigenvalue weighted by Crippen LogP contribution is 2.45. The van der Waals surface area contributed by atoms with E-state index in [1.807, 2.05) is 0 Å². The molecule has 0 amide bonds. The van der Waals surface area contributed by atoms with Gasteiger partial charge in [0.1, 0.15) is 0 Å². The maximum absolute atomic E-state index is 13.3. The van der Waals surface area contributed by atoms with E-state index in [2.05, 4.69) is 5.10 Å². The summed E-state index contributed by atoms with van der Waals surface area (Å²) in [6.45, 7) is 0.376. The average Bonchev–Trinajstić information content (AvgIpc) is 3.00. The molecule has 3 nitrogen and oxygen atoms in total. The normalized spacial score (nSPS) is 13.3. The van der Waals surface area contributed by atoms with Crippen molar-refractivity contribution >= 4 is 28.7 Å². The molecule has 0 aliphatic carbocycles. The van der Waals surface area contributed by atoms with Crippen LogP contribution in [0.3, 0.4) is 0 Å². The molecule has 160 valence electrons. The van der Waals surface area contributed by atoms with E-state index in [0.717, 1.165) is 11.8 Å². The quantitative estimate of drug-likeness (QED) is 0.210. The number of hydrazone groups is 1. The van der Waals surface area contributed by atoms with E-state index in [4.69, 9.17) is 11.6 Å². The largest absolute Gasteiger partial charge is 0.462 e. The Balaban J connectivity index is 1.87. The Hall–Kier alpha value is -2.75. The number of hydrogen-bond acceptors (Lipinski definition) is 2. The molecule has 2 aromatic carbocycles. The number of rotatable bonds is 6. The van der Waals surface area contributed by atoms with Crippen LogP contribution in [0, 0.1) is 0 Å². The Morgan fingerprint density at radius 3 is 2.20 bits per heavy atom. The van der Waals surface area contributed by atoms with Crippen molar-refractivity contribution in [2.24, 2.45) is 5.10 Å². The maximum Gasteiger partial charge on any atom is 0.462 e. The zero-order chi connectivity index (χ0) is 22.2. The van der Waals surface area contributed by atoms with Gasteiger partial charge in [0, 0.05) is 34.2 Å². The van der Waals surface area contributed by atoms with Crippen molar-refractivity contribution in [3.8, 4) is 0 Å². The molecule has 0 aliphatic rings. The van der Waals surface area contributed by atoms with Crippen LogP contribution in [0.15, 0.2) is 59.8 Å². The summed E-state index contributed by atoms with van der Waals surface area (Å²) in [6, 6.07) is 8.10. The Labute approximate surface area is 170 Å². The maximum atomic E-state index is 13.3. The fraction of sp³-hybridized carbons (Fsp3) is 0.211. The number of halogens is 8. The van der Waals surface area contributed by atoms with Crippen molar-refractivity contribution in [3.63, 3.8) is 0 Å². The molecule has 0 radical (unpaired) electrons. The van der Waals surface area contributed by atoms with Gasteiger partial charge in [0.2, 0.25) is 0 Å². The number of benzene rings is 2. The van der Waals surface area contributed by atoms with Gasteiger partial charge in [-0.1, -0.05) is 41.9 Å². The third-order valence-electron chi connectivity index (χ3n) is 4.24. The fourth-order valence-electron chi connectivity index (χ4n) is 2.73. The number of nitrogens with zero attached hydrogens (tertiary/aromatic N) is 2. The molecule has 3 rings (SSSR count). The van der Waals surface area contributed by atoms with Crippen LogP contribution in [0.2, 0.25) is 5.02 Å². The van der Waals surface area contributed by atoms with Crippen LogP contribution in [0.25, 0.3) is 10.9 Å². The Bertz CT molecular complexity index is 1060.